The number of benzene rings is 3. The van der Waals surface area contributed by atoms with Crippen LogP contribution in [0.1, 0.15) is 23.6 Å². The smallest absolute Gasteiger partial charge is 0.263 e. The van der Waals surface area contributed by atoms with Gasteiger partial charge in [-0.3, -0.25) is 9.52 Å². The molecule has 178 valence electrons. The Hall–Kier alpha value is -3.46. The minimum Gasteiger partial charge on any atom is -0.481 e. The number of hydrogen-bond donors (Lipinski definition) is 1. The second-order valence-electron chi connectivity index (χ2n) is 8.24. The van der Waals surface area contributed by atoms with Crippen molar-refractivity contribution < 1.29 is 26.7 Å². The first kappa shape index (κ1) is 23.7. The summed E-state index contributed by atoms with van der Waals surface area (Å²) in [6.45, 7) is 3.81. The third kappa shape index (κ3) is 5.20. The topological polar surface area (TPSA) is 75.7 Å². The molecule has 34 heavy (non-hydrogen) atoms. The van der Waals surface area contributed by atoms with Gasteiger partial charge >= 0.3 is 0 Å². The van der Waals surface area contributed by atoms with Gasteiger partial charge in [-0.25, -0.2) is 17.2 Å². The van der Waals surface area contributed by atoms with Crippen LogP contribution in [0.5, 0.6) is 5.75 Å². The van der Waals surface area contributed by atoms with Crippen molar-refractivity contribution in [2.24, 2.45) is 0 Å². The van der Waals surface area contributed by atoms with Crippen molar-refractivity contribution in [3.8, 4) is 5.75 Å². The first-order valence-corrected chi connectivity index (χ1v) is 12.2. The standard InChI is InChI=1S/C25H24F2N2O4S/c1-16-3-9-22(14-23(16)27)34(31,32)28-21-8-10-24-19(13-21)15-29(25(30)17(2)33-24)12-11-18-4-6-20(26)7-5-18/h3-10,13-14,17,28H,11-12,15H2,1-2H3/t17-/m1/s1. The van der Waals surface area contributed by atoms with Crippen molar-refractivity contribution in [1.29, 1.82) is 0 Å². The van der Waals surface area contributed by atoms with Gasteiger partial charge in [-0.1, -0.05) is 18.2 Å². The molecule has 4 rings (SSSR count). The number of carbonyl (C=O) groups is 1. The normalized spacial score (nSPS) is 15.9. The monoisotopic (exact) mass is 486 g/mol. The van der Waals surface area contributed by atoms with Crippen molar-refractivity contribution >= 4 is 21.6 Å². The van der Waals surface area contributed by atoms with Crippen LogP contribution in [-0.2, 0) is 27.8 Å². The lowest BCUT2D eigenvalue weighted by molar-refractivity contribution is -0.137. The van der Waals surface area contributed by atoms with Crippen molar-refractivity contribution in [1.82, 2.24) is 4.90 Å². The maximum absolute atomic E-state index is 13.9. The molecule has 0 spiro atoms. The van der Waals surface area contributed by atoms with Gasteiger partial charge in [-0.15, -0.1) is 0 Å². The summed E-state index contributed by atoms with van der Waals surface area (Å²) < 4.78 is 60.8. The second kappa shape index (κ2) is 9.42. The van der Waals surface area contributed by atoms with E-state index in [1.54, 1.807) is 43.0 Å². The number of fused-ring (bicyclic) bond motifs is 1. The molecule has 1 aliphatic heterocycles. The molecule has 1 aliphatic rings. The van der Waals surface area contributed by atoms with E-state index in [-0.39, 0.29) is 28.9 Å². The van der Waals surface area contributed by atoms with E-state index in [4.69, 9.17) is 4.74 Å². The molecule has 1 atom stereocenters. The van der Waals surface area contributed by atoms with Crippen LogP contribution in [0.3, 0.4) is 0 Å². The van der Waals surface area contributed by atoms with Crippen LogP contribution < -0.4 is 9.46 Å². The lowest BCUT2D eigenvalue weighted by Gasteiger charge is -2.22. The van der Waals surface area contributed by atoms with Gasteiger partial charge in [0.05, 0.1) is 4.90 Å². The summed E-state index contributed by atoms with van der Waals surface area (Å²) in [6.07, 6.45) is -0.188. The molecule has 3 aromatic rings. The van der Waals surface area contributed by atoms with Crippen molar-refractivity contribution in [2.75, 3.05) is 11.3 Å². The largest absolute Gasteiger partial charge is 0.481 e. The number of nitrogens with one attached hydrogen (secondary N) is 1. The number of halogens is 2. The van der Waals surface area contributed by atoms with Crippen molar-refractivity contribution in [3.63, 3.8) is 0 Å². The molecule has 0 fully saturated rings. The van der Waals surface area contributed by atoms with E-state index in [0.29, 0.717) is 29.8 Å². The van der Waals surface area contributed by atoms with Crippen molar-refractivity contribution in [3.05, 3.63) is 89.0 Å². The van der Waals surface area contributed by atoms with E-state index in [2.05, 4.69) is 4.72 Å². The third-order valence-corrected chi connectivity index (χ3v) is 7.05. The summed E-state index contributed by atoms with van der Waals surface area (Å²) >= 11 is 0. The Labute approximate surface area is 197 Å². The summed E-state index contributed by atoms with van der Waals surface area (Å²) in [5.41, 5.74) is 2.13. The molecule has 6 nitrogen and oxygen atoms in total. The fourth-order valence-corrected chi connectivity index (χ4v) is 4.78. The average Bonchev–Trinajstić information content (AvgIpc) is 2.91. The number of ether oxygens (including phenoxy) is 1. The highest BCUT2D eigenvalue weighted by molar-refractivity contribution is 7.92. The van der Waals surface area contributed by atoms with E-state index in [9.17, 15) is 22.0 Å². The number of carbonyl (C=O) groups excluding carboxylic acids is 1. The number of nitrogens with zero attached hydrogens (tertiary/aromatic N) is 1. The molecular formula is C25H24F2N2O4S. The quantitative estimate of drug-likeness (QED) is 0.560. The fourth-order valence-electron chi connectivity index (χ4n) is 3.72. The molecule has 1 amide bonds. The van der Waals surface area contributed by atoms with Gasteiger partial charge in [0, 0.05) is 24.3 Å². The predicted octanol–water partition coefficient (Wildman–Crippen LogP) is 4.43. The van der Waals surface area contributed by atoms with Crippen LogP contribution in [0.4, 0.5) is 14.5 Å². The van der Waals surface area contributed by atoms with Crippen molar-refractivity contribution in [2.45, 2.75) is 37.8 Å². The number of amides is 1. The lowest BCUT2D eigenvalue weighted by atomic mass is 10.1. The highest BCUT2D eigenvalue weighted by atomic mass is 32.2. The van der Waals surface area contributed by atoms with Crippen LogP contribution in [0.2, 0.25) is 0 Å². The van der Waals surface area contributed by atoms with Gasteiger partial charge in [-0.05, 0) is 73.9 Å². The summed E-state index contributed by atoms with van der Waals surface area (Å²) in [5, 5.41) is 0. The van der Waals surface area contributed by atoms with Crippen LogP contribution in [0, 0.1) is 18.6 Å². The molecule has 0 radical (unpaired) electrons. The van der Waals surface area contributed by atoms with Gasteiger partial charge in [-0.2, -0.15) is 0 Å². The minimum absolute atomic E-state index is 0.188. The SMILES string of the molecule is Cc1ccc(S(=O)(=O)Nc2ccc3c(c2)CN(CCc2ccc(F)cc2)C(=O)[C@@H](C)O3)cc1F. The van der Waals surface area contributed by atoms with Gasteiger partial charge in [0.15, 0.2) is 6.10 Å². The van der Waals surface area contributed by atoms with E-state index in [1.165, 1.54) is 30.3 Å². The van der Waals surface area contributed by atoms with Gasteiger partial charge in [0.1, 0.15) is 17.4 Å². The lowest BCUT2D eigenvalue weighted by Crippen LogP contribution is -2.39. The Morgan fingerprint density at radius 1 is 1.06 bits per heavy atom. The van der Waals surface area contributed by atoms with Crippen LogP contribution >= 0.6 is 0 Å². The predicted molar refractivity (Wildman–Crippen MR) is 124 cm³/mol. The van der Waals surface area contributed by atoms with E-state index in [1.807, 2.05) is 0 Å². The zero-order valence-electron chi connectivity index (χ0n) is 18.7. The zero-order valence-corrected chi connectivity index (χ0v) is 19.5. The van der Waals surface area contributed by atoms with Crippen LogP contribution in [0.25, 0.3) is 0 Å². The first-order valence-electron chi connectivity index (χ1n) is 10.7. The Balaban J connectivity index is 1.55. The molecule has 3 aromatic carbocycles. The maximum atomic E-state index is 13.9. The minimum atomic E-state index is -4.02. The number of aryl methyl sites for hydroxylation is 1. The summed E-state index contributed by atoms with van der Waals surface area (Å²) in [5.74, 6) is -0.651. The molecule has 1 heterocycles. The highest BCUT2D eigenvalue weighted by Crippen LogP contribution is 2.30. The fraction of sp³-hybridized carbons (Fsp3) is 0.240. The number of rotatable bonds is 6. The molecular weight excluding hydrogens is 462 g/mol. The van der Waals surface area contributed by atoms with E-state index in [0.717, 1.165) is 11.6 Å². The van der Waals surface area contributed by atoms with Gasteiger partial charge in [0.2, 0.25) is 0 Å². The summed E-state index contributed by atoms with van der Waals surface area (Å²) in [4.78, 5) is 14.3. The van der Waals surface area contributed by atoms with Crippen LogP contribution in [0.15, 0.2) is 65.6 Å². The van der Waals surface area contributed by atoms with Gasteiger partial charge < -0.3 is 9.64 Å². The summed E-state index contributed by atoms with van der Waals surface area (Å²) in [7, 11) is -4.02. The highest BCUT2D eigenvalue weighted by Gasteiger charge is 2.28. The van der Waals surface area contributed by atoms with Gasteiger partial charge in [0.25, 0.3) is 15.9 Å². The number of sulfonamides is 1. The molecule has 0 saturated heterocycles. The second-order valence-corrected chi connectivity index (χ2v) is 9.92. The Morgan fingerprint density at radius 2 is 1.79 bits per heavy atom. The number of anilines is 1. The zero-order chi connectivity index (χ0) is 24.5. The molecule has 0 aliphatic carbocycles. The maximum Gasteiger partial charge on any atom is 0.263 e. The Morgan fingerprint density at radius 3 is 2.50 bits per heavy atom. The van der Waals surface area contributed by atoms with E-state index >= 15 is 0 Å². The molecule has 1 N–H and O–H groups in total. The molecule has 0 aromatic heterocycles. The number of hydrogen-bond acceptors (Lipinski definition) is 4. The third-order valence-electron chi connectivity index (χ3n) is 5.67. The average molecular weight is 487 g/mol. The first-order chi connectivity index (χ1) is 16.1. The molecule has 0 saturated carbocycles. The Bertz CT molecular complexity index is 1330. The summed E-state index contributed by atoms with van der Waals surface area (Å²) in [6, 6.07) is 14.6. The molecule has 0 unspecified atom stereocenters. The molecule has 0 bridgehead atoms. The van der Waals surface area contributed by atoms with Crippen LogP contribution in [-0.4, -0.2) is 31.9 Å². The molecule has 9 heteroatoms. The Kier molecular flexibility index (Phi) is 6.56. The van der Waals surface area contributed by atoms with E-state index < -0.39 is 21.9 Å².